The van der Waals surface area contributed by atoms with Gasteiger partial charge in [0.25, 0.3) is 0 Å². The van der Waals surface area contributed by atoms with Crippen LogP contribution in [0.2, 0.25) is 0 Å². The monoisotopic (exact) mass is 397 g/mol. The molecule has 2 aromatic heterocycles. The van der Waals surface area contributed by atoms with E-state index in [4.69, 9.17) is 9.72 Å². The van der Waals surface area contributed by atoms with E-state index in [9.17, 15) is 9.90 Å². The second kappa shape index (κ2) is 6.46. The Morgan fingerprint density at radius 2 is 1.97 bits per heavy atom. The van der Waals surface area contributed by atoms with Gasteiger partial charge >= 0.3 is 0 Å². The van der Waals surface area contributed by atoms with Crippen molar-refractivity contribution in [2.45, 2.75) is 64.1 Å². The van der Waals surface area contributed by atoms with Crippen LogP contribution in [0.3, 0.4) is 0 Å². The molecule has 6 heteroatoms. The maximum atomic E-state index is 12.6. The maximum Gasteiger partial charge on any atom is 0.225 e. The predicted molar refractivity (Wildman–Crippen MR) is 111 cm³/mol. The lowest BCUT2D eigenvalue weighted by atomic mass is 9.66. The van der Waals surface area contributed by atoms with Crippen LogP contribution in [0.5, 0.6) is 5.88 Å². The van der Waals surface area contributed by atoms with Crippen molar-refractivity contribution in [2.24, 2.45) is 18.4 Å². The lowest BCUT2D eigenvalue weighted by molar-refractivity contribution is -0.164. The van der Waals surface area contributed by atoms with Crippen LogP contribution in [-0.4, -0.2) is 50.3 Å². The minimum absolute atomic E-state index is 0.0310. The van der Waals surface area contributed by atoms with Crippen molar-refractivity contribution in [2.75, 3.05) is 13.1 Å². The number of likely N-dealkylation sites (tertiary alicyclic amines) is 1. The molecule has 156 valence electrons. The van der Waals surface area contributed by atoms with Gasteiger partial charge in [-0.1, -0.05) is 0 Å². The van der Waals surface area contributed by atoms with Crippen molar-refractivity contribution < 1.29 is 14.6 Å². The van der Waals surface area contributed by atoms with Gasteiger partial charge in [0.2, 0.25) is 11.8 Å². The fraction of sp³-hybridized carbons (Fsp3) is 0.652. The number of fused-ring (bicyclic) bond motifs is 1. The van der Waals surface area contributed by atoms with Crippen LogP contribution in [0.25, 0.3) is 11.0 Å². The molecule has 1 amide bonds. The standard InChI is InChI=1S/C23H31N3O3/c1-15-10-16-6-9-25(3)19(16)24-20(15)29-18-4-7-23(8-5-18)13-26(14-23)21(27)17-11-22(2,28)12-17/h6,9-10,17-18,28H,4-5,7-8,11-14H2,1-3H3/t17-,22+. The molecule has 0 radical (unpaired) electrons. The quantitative estimate of drug-likeness (QED) is 0.864. The van der Waals surface area contributed by atoms with Crippen molar-refractivity contribution in [1.82, 2.24) is 14.5 Å². The van der Waals surface area contributed by atoms with Crippen LogP contribution in [0.15, 0.2) is 18.3 Å². The van der Waals surface area contributed by atoms with Crippen LogP contribution in [0, 0.1) is 18.3 Å². The van der Waals surface area contributed by atoms with Gasteiger partial charge in [0.15, 0.2) is 0 Å². The van der Waals surface area contributed by atoms with Crippen molar-refractivity contribution in [3.05, 3.63) is 23.9 Å². The minimum Gasteiger partial charge on any atom is -0.474 e. The predicted octanol–water partition coefficient (Wildman–Crippen LogP) is 3.19. The first-order valence-corrected chi connectivity index (χ1v) is 10.8. The fourth-order valence-corrected chi connectivity index (χ4v) is 5.55. The first-order valence-electron chi connectivity index (χ1n) is 10.8. The molecule has 2 aromatic rings. The first kappa shape index (κ1) is 18.9. The summed E-state index contributed by atoms with van der Waals surface area (Å²) in [6, 6.07) is 4.23. The zero-order chi connectivity index (χ0) is 20.4. The molecule has 1 N–H and O–H groups in total. The highest BCUT2D eigenvalue weighted by Gasteiger charge is 2.51. The summed E-state index contributed by atoms with van der Waals surface area (Å²) in [6.07, 6.45) is 7.71. The second-order valence-electron chi connectivity index (χ2n) is 10.1. The Hall–Kier alpha value is -2.08. The number of hydrogen-bond donors (Lipinski definition) is 1. The molecular weight excluding hydrogens is 366 g/mol. The van der Waals surface area contributed by atoms with Gasteiger partial charge in [-0.3, -0.25) is 4.79 Å². The van der Waals surface area contributed by atoms with Crippen LogP contribution in [-0.2, 0) is 11.8 Å². The molecule has 1 spiro atoms. The molecule has 3 aliphatic rings. The number of ether oxygens (including phenoxy) is 1. The van der Waals surface area contributed by atoms with Gasteiger partial charge in [0.1, 0.15) is 11.8 Å². The summed E-state index contributed by atoms with van der Waals surface area (Å²) in [5.41, 5.74) is 1.70. The van der Waals surface area contributed by atoms with Crippen molar-refractivity contribution in [3.63, 3.8) is 0 Å². The minimum atomic E-state index is -0.632. The largest absolute Gasteiger partial charge is 0.474 e. The molecule has 0 unspecified atom stereocenters. The number of aromatic nitrogens is 2. The maximum absolute atomic E-state index is 12.6. The molecule has 1 aliphatic heterocycles. The average molecular weight is 398 g/mol. The number of hydrogen-bond acceptors (Lipinski definition) is 4. The van der Waals surface area contributed by atoms with E-state index in [1.807, 2.05) is 29.6 Å². The summed E-state index contributed by atoms with van der Waals surface area (Å²) in [7, 11) is 2.01. The van der Waals surface area contributed by atoms with E-state index >= 15 is 0 Å². The van der Waals surface area contributed by atoms with Crippen LogP contribution >= 0.6 is 0 Å². The highest BCUT2D eigenvalue weighted by Crippen LogP contribution is 2.47. The Balaban J connectivity index is 1.15. The molecule has 3 heterocycles. The molecule has 29 heavy (non-hydrogen) atoms. The number of carbonyl (C=O) groups is 1. The van der Waals surface area contributed by atoms with Gasteiger partial charge < -0.3 is 19.3 Å². The number of pyridine rings is 1. The van der Waals surface area contributed by atoms with Crippen LogP contribution in [0.4, 0.5) is 0 Å². The third-order valence-electron chi connectivity index (χ3n) is 7.34. The highest BCUT2D eigenvalue weighted by atomic mass is 16.5. The van der Waals surface area contributed by atoms with E-state index in [0.717, 1.165) is 61.2 Å². The molecule has 3 fully saturated rings. The summed E-state index contributed by atoms with van der Waals surface area (Å²) in [5, 5.41) is 11.0. The molecule has 6 nitrogen and oxygen atoms in total. The van der Waals surface area contributed by atoms with Crippen molar-refractivity contribution >= 4 is 16.9 Å². The Morgan fingerprint density at radius 3 is 2.62 bits per heavy atom. The molecule has 0 aromatic carbocycles. The molecule has 5 rings (SSSR count). The van der Waals surface area contributed by atoms with Gasteiger partial charge in [-0.15, -0.1) is 0 Å². The van der Waals surface area contributed by atoms with E-state index in [1.165, 1.54) is 0 Å². The zero-order valence-electron chi connectivity index (χ0n) is 17.6. The number of amides is 1. The number of aryl methyl sites for hydroxylation is 2. The van der Waals surface area contributed by atoms with E-state index in [2.05, 4.69) is 19.1 Å². The SMILES string of the molecule is Cc1cc2ccn(C)c2nc1OC1CCC2(CC1)CN(C(=O)[C@H]1C[C@@](C)(O)C1)C2. The Labute approximate surface area is 171 Å². The zero-order valence-corrected chi connectivity index (χ0v) is 17.6. The Kier molecular flexibility index (Phi) is 4.21. The molecular formula is C23H31N3O3. The van der Waals surface area contributed by atoms with Gasteiger partial charge in [0, 0.05) is 48.6 Å². The van der Waals surface area contributed by atoms with E-state index in [-0.39, 0.29) is 23.3 Å². The fourth-order valence-electron chi connectivity index (χ4n) is 5.55. The van der Waals surface area contributed by atoms with Gasteiger partial charge in [-0.25, -0.2) is 0 Å². The van der Waals surface area contributed by atoms with Gasteiger partial charge in [0.05, 0.1) is 5.60 Å². The van der Waals surface area contributed by atoms with Crippen LogP contribution in [0.1, 0.15) is 51.0 Å². The lowest BCUT2D eigenvalue weighted by Crippen LogP contribution is -2.63. The molecule has 0 atom stereocenters. The Morgan fingerprint density at radius 1 is 1.28 bits per heavy atom. The molecule has 1 saturated heterocycles. The highest BCUT2D eigenvalue weighted by molar-refractivity contribution is 5.81. The van der Waals surface area contributed by atoms with Crippen molar-refractivity contribution in [3.8, 4) is 5.88 Å². The number of carbonyl (C=O) groups excluding carboxylic acids is 1. The summed E-state index contributed by atoms with van der Waals surface area (Å²) in [6.45, 7) is 5.64. The van der Waals surface area contributed by atoms with E-state index in [0.29, 0.717) is 12.8 Å². The topological polar surface area (TPSA) is 67.6 Å². The van der Waals surface area contributed by atoms with E-state index in [1.54, 1.807) is 0 Å². The normalized spacial score (nSPS) is 29.0. The molecule has 2 saturated carbocycles. The van der Waals surface area contributed by atoms with Gasteiger partial charge in [-0.2, -0.15) is 4.98 Å². The third kappa shape index (κ3) is 3.31. The molecule has 0 bridgehead atoms. The number of aliphatic hydroxyl groups is 1. The first-order chi connectivity index (χ1) is 13.7. The second-order valence-corrected chi connectivity index (χ2v) is 10.1. The number of nitrogens with zero attached hydrogens (tertiary/aromatic N) is 3. The average Bonchev–Trinajstić information content (AvgIpc) is 2.98. The van der Waals surface area contributed by atoms with E-state index < -0.39 is 5.60 Å². The lowest BCUT2D eigenvalue weighted by Gasteiger charge is -2.55. The Bertz CT molecular complexity index is 940. The van der Waals surface area contributed by atoms with Crippen LogP contribution < -0.4 is 4.74 Å². The summed E-state index contributed by atoms with van der Waals surface area (Å²) in [4.78, 5) is 19.3. The summed E-state index contributed by atoms with van der Waals surface area (Å²) >= 11 is 0. The van der Waals surface area contributed by atoms with Crippen molar-refractivity contribution in [1.29, 1.82) is 0 Å². The third-order valence-corrected chi connectivity index (χ3v) is 7.34. The summed E-state index contributed by atoms with van der Waals surface area (Å²) in [5.74, 6) is 1.03. The van der Waals surface area contributed by atoms with Gasteiger partial charge in [-0.05, 0) is 64.5 Å². The summed E-state index contributed by atoms with van der Waals surface area (Å²) < 4.78 is 8.34. The smallest absolute Gasteiger partial charge is 0.225 e. The number of rotatable bonds is 3. The molecule has 2 aliphatic carbocycles.